The second-order valence-corrected chi connectivity index (χ2v) is 7.16. The molecule has 0 heterocycles. The van der Waals surface area contributed by atoms with E-state index in [-0.39, 0.29) is 5.41 Å². The zero-order chi connectivity index (χ0) is 17.3. The van der Waals surface area contributed by atoms with Crippen molar-refractivity contribution in [3.8, 4) is 22.3 Å². The summed E-state index contributed by atoms with van der Waals surface area (Å²) in [5.74, 6) is 0. The van der Waals surface area contributed by atoms with Gasteiger partial charge in [-0.05, 0) is 44.5 Å². The predicted octanol–water partition coefficient (Wildman–Crippen LogP) is 4.82. The maximum Gasteiger partial charge on any atom is 0.114 e. The molecule has 2 aliphatic carbocycles. The number of hydrogen-bond donors (Lipinski definition) is 0. The van der Waals surface area contributed by atoms with Crippen LogP contribution in [0.4, 0.5) is 0 Å². The first kappa shape index (κ1) is 14.1. The fourth-order valence-electron chi connectivity index (χ4n) is 5.19. The molecule has 2 aliphatic rings. The third kappa shape index (κ3) is 1.44. The van der Waals surface area contributed by atoms with Crippen molar-refractivity contribution in [2.45, 2.75) is 5.41 Å². The molecule has 0 bridgehead atoms. The lowest BCUT2D eigenvalue weighted by molar-refractivity contribution is 0.799. The Labute approximate surface area is 154 Å². The van der Waals surface area contributed by atoms with Crippen LogP contribution in [0, 0.1) is 0 Å². The number of rotatable bonds is 0. The van der Waals surface area contributed by atoms with Gasteiger partial charge in [0.05, 0.1) is 5.41 Å². The Balaban J connectivity index is 1.90. The monoisotopic (exact) mass is 326 g/mol. The van der Waals surface area contributed by atoms with Crippen LogP contribution in [0.3, 0.4) is 0 Å². The van der Waals surface area contributed by atoms with Gasteiger partial charge in [0.1, 0.15) is 7.85 Å². The smallest absolute Gasteiger partial charge is 0.0913 e. The molecule has 4 aromatic rings. The Kier molecular flexibility index (Phi) is 2.59. The highest BCUT2D eigenvalue weighted by Gasteiger charge is 2.51. The Hall–Kier alpha value is -3.06. The lowest BCUT2D eigenvalue weighted by Gasteiger charge is -2.31. The molecular weight excluding hydrogens is 311 g/mol. The minimum Gasteiger partial charge on any atom is -0.0913 e. The van der Waals surface area contributed by atoms with Crippen LogP contribution in [-0.4, -0.2) is 7.85 Å². The molecular formula is C25H15B. The van der Waals surface area contributed by atoms with E-state index in [1.807, 2.05) is 6.07 Å². The molecule has 0 nitrogen and oxygen atoms in total. The number of hydrogen-bond acceptors (Lipinski definition) is 0. The molecule has 0 atom stereocenters. The number of fused-ring (bicyclic) bond motifs is 10. The van der Waals surface area contributed by atoms with Gasteiger partial charge in [0.2, 0.25) is 0 Å². The zero-order valence-corrected chi connectivity index (χ0v) is 14.2. The summed E-state index contributed by atoms with van der Waals surface area (Å²) in [6.07, 6.45) is 0. The van der Waals surface area contributed by atoms with Gasteiger partial charge in [0.25, 0.3) is 0 Å². The molecule has 0 aliphatic heterocycles. The fraction of sp³-hybridized carbons (Fsp3) is 0.0400. The summed E-state index contributed by atoms with van der Waals surface area (Å²) in [5.41, 5.74) is 11.0. The minimum absolute atomic E-state index is 0.315. The molecule has 0 saturated heterocycles. The molecule has 0 fully saturated rings. The van der Waals surface area contributed by atoms with Crippen LogP contribution in [0.15, 0.2) is 91.0 Å². The van der Waals surface area contributed by atoms with Gasteiger partial charge in [-0.1, -0.05) is 96.5 Å². The maximum absolute atomic E-state index is 6.62. The van der Waals surface area contributed by atoms with Crippen LogP contribution >= 0.6 is 0 Å². The van der Waals surface area contributed by atoms with Gasteiger partial charge in [-0.15, -0.1) is 0 Å². The van der Waals surface area contributed by atoms with Crippen molar-refractivity contribution in [3.63, 3.8) is 0 Å². The highest BCUT2D eigenvalue weighted by atomic mass is 14.5. The average Bonchev–Trinajstić information content (AvgIpc) is 3.16. The summed E-state index contributed by atoms with van der Waals surface area (Å²) in [7, 11) is 6.62. The van der Waals surface area contributed by atoms with Crippen molar-refractivity contribution in [1.29, 1.82) is 0 Å². The Morgan fingerprint density at radius 1 is 0.462 bits per heavy atom. The first-order valence-corrected chi connectivity index (χ1v) is 9.01. The molecule has 1 spiro atoms. The van der Waals surface area contributed by atoms with Crippen molar-refractivity contribution < 1.29 is 0 Å². The molecule has 0 amide bonds. The molecule has 1 heteroatoms. The van der Waals surface area contributed by atoms with Gasteiger partial charge in [0, 0.05) is 0 Å². The van der Waals surface area contributed by atoms with Gasteiger partial charge in [-0.25, -0.2) is 0 Å². The van der Waals surface area contributed by atoms with Crippen LogP contribution < -0.4 is 5.46 Å². The number of benzene rings is 4. The van der Waals surface area contributed by atoms with Crippen LogP contribution in [0.5, 0.6) is 0 Å². The molecule has 2 radical (unpaired) electrons. The standard InChI is InChI=1S/C25H15B/c26-23-15-7-11-19-18-10-3-6-14-22(18)25(24(19)23)20-12-4-1-8-16(20)17-9-2-5-13-21(17)25/h1-15H. The molecule has 6 rings (SSSR count). The lowest BCUT2D eigenvalue weighted by Crippen LogP contribution is -2.31. The molecule has 26 heavy (non-hydrogen) atoms. The molecule has 0 unspecified atom stereocenters. The van der Waals surface area contributed by atoms with Gasteiger partial charge in [-0.2, -0.15) is 0 Å². The molecule has 0 N–H and O–H groups in total. The van der Waals surface area contributed by atoms with Crippen molar-refractivity contribution >= 4 is 13.3 Å². The zero-order valence-electron chi connectivity index (χ0n) is 14.2. The van der Waals surface area contributed by atoms with E-state index < -0.39 is 0 Å². The maximum atomic E-state index is 6.62. The van der Waals surface area contributed by atoms with Gasteiger partial charge < -0.3 is 0 Å². The molecule has 118 valence electrons. The summed E-state index contributed by atoms with van der Waals surface area (Å²) < 4.78 is 0. The largest absolute Gasteiger partial charge is 0.114 e. The average molecular weight is 326 g/mol. The summed E-state index contributed by atoms with van der Waals surface area (Å²) in [6.45, 7) is 0. The normalized spacial score (nSPS) is 14.6. The van der Waals surface area contributed by atoms with Crippen LogP contribution in [-0.2, 0) is 5.41 Å². The van der Waals surface area contributed by atoms with Crippen LogP contribution in [0.25, 0.3) is 22.3 Å². The van der Waals surface area contributed by atoms with E-state index in [9.17, 15) is 0 Å². The molecule has 0 saturated carbocycles. The van der Waals surface area contributed by atoms with E-state index in [1.54, 1.807) is 0 Å². The lowest BCUT2D eigenvalue weighted by atomic mass is 9.67. The second kappa shape index (κ2) is 4.77. The first-order valence-electron chi connectivity index (χ1n) is 9.01. The third-order valence-corrected chi connectivity index (χ3v) is 6.05. The molecule has 0 aromatic heterocycles. The van der Waals surface area contributed by atoms with E-state index in [1.165, 1.54) is 44.5 Å². The van der Waals surface area contributed by atoms with Crippen molar-refractivity contribution in [3.05, 3.63) is 113 Å². The van der Waals surface area contributed by atoms with Crippen molar-refractivity contribution in [2.24, 2.45) is 0 Å². The van der Waals surface area contributed by atoms with Gasteiger partial charge in [0.15, 0.2) is 0 Å². The van der Waals surface area contributed by atoms with Crippen molar-refractivity contribution in [2.75, 3.05) is 0 Å². The highest BCUT2D eigenvalue weighted by Crippen LogP contribution is 2.61. The topological polar surface area (TPSA) is 0 Å². The Bertz CT molecular complexity index is 1140. The second-order valence-electron chi connectivity index (χ2n) is 7.16. The predicted molar refractivity (Wildman–Crippen MR) is 108 cm³/mol. The van der Waals surface area contributed by atoms with E-state index in [0.29, 0.717) is 0 Å². The van der Waals surface area contributed by atoms with Crippen molar-refractivity contribution in [1.82, 2.24) is 0 Å². The van der Waals surface area contributed by atoms with Crippen LogP contribution in [0.2, 0.25) is 0 Å². The van der Waals surface area contributed by atoms with Crippen LogP contribution in [0.1, 0.15) is 22.3 Å². The Morgan fingerprint density at radius 2 is 0.885 bits per heavy atom. The molecule has 4 aromatic carbocycles. The summed E-state index contributed by atoms with van der Waals surface area (Å²) >= 11 is 0. The minimum atomic E-state index is -0.315. The summed E-state index contributed by atoms with van der Waals surface area (Å²) in [5, 5.41) is 0. The third-order valence-electron chi connectivity index (χ3n) is 6.05. The summed E-state index contributed by atoms with van der Waals surface area (Å²) in [6, 6.07) is 32.7. The highest BCUT2D eigenvalue weighted by molar-refractivity contribution is 6.34. The van der Waals surface area contributed by atoms with E-state index in [0.717, 1.165) is 5.46 Å². The summed E-state index contributed by atoms with van der Waals surface area (Å²) in [4.78, 5) is 0. The van der Waals surface area contributed by atoms with E-state index >= 15 is 0 Å². The van der Waals surface area contributed by atoms with Gasteiger partial charge in [-0.3, -0.25) is 0 Å². The fourth-order valence-corrected chi connectivity index (χ4v) is 5.19. The quantitative estimate of drug-likeness (QED) is 0.351. The Morgan fingerprint density at radius 3 is 1.42 bits per heavy atom. The van der Waals surface area contributed by atoms with Gasteiger partial charge >= 0.3 is 0 Å². The SMILES string of the molecule is [B]c1cccc2c1C1(c3ccccc3-c3ccccc31)c1ccccc1-2. The van der Waals surface area contributed by atoms with E-state index in [2.05, 4.69) is 84.9 Å². The van der Waals surface area contributed by atoms with E-state index in [4.69, 9.17) is 7.85 Å². The first-order chi connectivity index (χ1) is 12.8.